The van der Waals surface area contributed by atoms with Crippen LogP contribution in [0.2, 0.25) is 0 Å². The maximum absolute atomic E-state index is 4.26. The lowest BCUT2D eigenvalue weighted by molar-refractivity contribution is 1.10. The number of fused-ring (bicyclic) bond motifs is 12. The Balaban J connectivity index is 1.48. The van der Waals surface area contributed by atoms with Crippen molar-refractivity contribution in [2.24, 2.45) is 0 Å². The molecule has 0 saturated heterocycles. The molecule has 0 spiro atoms. The molecule has 9 rings (SSSR count). The molecule has 0 atom stereocenters. The molecule has 0 aliphatic carbocycles. The van der Waals surface area contributed by atoms with Gasteiger partial charge in [-0.25, -0.2) is 0 Å². The Morgan fingerprint density at radius 2 is 0.560 bits per heavy atom. The van der Waals surface area contributed by atoms with Gasteiger partial charge < -0.3 is 10.6 Å². The van der Waals surface area contributed by atoms with Gasteiger partial charge >= 0.3 is 0 Å². The molecule has 0 unspecified atom stereocenters. The number of anilines is 4. The van der Waals surface area contributed by atoms with E-state index in [4.69, 9.17) is 0 Å². The molecule has 0 bridgehead atoms. The van der Waals surface area contributed by atoms with Crippen molar-refractivity contribution in [3.05, 3.63) is 146 Å². The summed E-state index contributed by atoms with van der Waals surface area (Å²) in [7, 11) is -1.62. The fourth-order valence-corrected chi connectivity index (χ4v) is 13.3. The second-order valence-corrected chi connectivity index (χ2v) is 19.4. The van der Waals surface area contributed by atoms with E-state index in [1.807, 2.05) is 0 Å². The third-order valence-corrected chi connectivity index (χ3v) is 15.8. The number of rotatable bonds is 2. The first-order chi connectivity index (χ1) is 24.5. The van der Waals surface area contributed by atoms with E-state index in [-0.39, 0.29) is 0 Å². The molecule has 0 fully saturated rings. The Hall–Kier alpha value is -4.74. The quantitative estimate of drug-likeness (QED) is 0.177. The monoisotopic (exact) mass is 682 g/mol. The summed E-state index contributed by atoms with van der Waals surface area (Å²) < 4.78 is 0. The Kier molecular flexibility index (Phi) is 7.84. The van der Waals surface area contributed by atoms with E-state index in [1.54, 1.807) is 0 Å². The summed E-state index contributed by atoms with van der Waals surface area (Å²) in [4.78, 5) is 0. The van der Waals surface area contributed by atoms with Gasteiger partial charge in [-0.15, -0.1) is 0 Å². The van der Waals surface area contributed by atoms with Crippen molar-refractivity contribution in [2.75, 3.05) is 10.6 Å². The Labute approximate surface area is 297 Å². The molecule has 1 aliphatic rings. The standard InChI is InChI=1S/C46H40N2P2/c1-29(2)49-39-25-21-31-13-5-9-17-35(31)43(39)47-45-37-19-11-7-15-33(37)23-27-41(45)50(30(3)4)42-28-24-34-16-8-12-20-38(34)46(42)48-44-36-18-10-6-14-32(36)22-26-40(44)49/h5-30,47-48H,1-4H3. The Bertz CT molecular complexity index is 2240. The largest absolute Gasteiger partial charge is 0.353 e. The first kappa shape index (κ1) is 31.3. The minimum absolute atomic E-state index is 0.392. The van der Waals surface area contributed by atoms with Crippen molar-refractivity contribution in [1.82, 2.24) is 0 Å². The molecule has 2 N–H and O–H groups in total. The molecule has 50 heavy (non-hydrogen) atoms. The highest BCUT2D eigenvalue weighted by Gasteiger charge is 2.31. The summed E-state index contributed by atoms with van der Waals surface area (Å²) in [5, 5.41) is 24.2. The van der Waals surface area contributed by atoms with Gasteiger partial charge in [0.2, 0.25) is 0 Å². The molecule has 1 heterocycles. The first-order valence-electron chi connectivity index (χ1n) is 17.7. The summed E-state index contributed by atoms with van der Waals surface area (Å²) in [6, 6.07) is 54.6. The van der Waals surface area contributed by atoms with Crippen molar-refractivity contribution in [3.8, 4) is 0 Å². The zero-order chi connectivity index (χ0) is 33.9. The van der Waals surface area contributed by atoms with E-state index in [0.29, 0.717) is 11.3 Å². The number of nitrogens with one attached hydrogen (secondary N) is 2. The molecule has 0 amide bonds. The van der Waals surface area contributed by atoms with E-state index >= 15 is 0 Å². The number of hydrogen-bond acceptors (Lipinski definition) is 2. The normalized spacial score (nSPS) is 15.9. The van der Waals surface area contributed by atoms with E-state index in [2.05, 4.69) is 184 Å². The lowest BCUT2D eigenvalue weighted by atomic mass is 10.1. The smallest absolute Gasteiger partial charge is 0.0545 e. The minimum atomic E-state index is -0.810. The van der Waals surface area contributed by atoms with Crippen LogP contribution in [0.1, 0.15) is 27.7 Å². The lowest BCUT2D eigenvalue weighted by Crippen LogP contribution is -2.27. The van der Waals surface area contributed by atoms with Gasteiger partial charge in [0, 0.05) is 42.8 Å². The van der Waals surface area contributed by atoms with Crippen LogP contribution in [0.25, 0.3) is 43.1 Å². The Morgan fingerprint density at radius 1 is 0.320 bits per heavy atom. The van der Waals surface area contributed by atoms with Crippen LogP contribution in [0.15, 0.2) is 146 Å². The average Bonchev–Trinajstić information content (AvgIpc) is 3.13. The average molecular weight is 683 g/mol. The summed E-state index contributed by atoms with van der Waals surface area (Å²) in [6.07, 6.45) is 0. The van der Waals surface area contributed by atoms with E-state index in [9.17, 15) is 0 Å². The second-order valence-electron chi connectivity index (χ2n) is 13.9. The summed E-state index contributed by atoms with van der Waals surface area (Å²) in [5.74, 6) is 0. The number of hydrogen-bond donors (Lipinski definition) is 2. The summed E-state index contributed by atoms with van der Waals surface area (Å²) >= 11 is 0. The van der Waals surface area contributed by atoms with Crippen LogP contribution in [0.3, 0.4) is 0 Å². The zero-order valence-corrected chi connectivity index (χ0v) is 30.7. The molecule has 0 saturated carbocycles. The second kappa shape index (κ2) is 12.5. The predicted octanol–water partition coefficient (Wildman–Crippen LogP) is 11.8. The summed E-state index contributed by atoms with van der Waals surface area (Å²) in [5.41, 5.74) is 5.72. The van der Waals surface area contributed by atoms with Crippen LogP contribution in [-0.4, -0.2) is 11.3 Å². The molecule has 2 nitrogen and oxygen atoms in total. The highest BCUT2D eigenvalue weighted by Crippen LogP contribution is 2.51. The van der Waals surface area contributed by atoms with E-state index in [0.717, 1.165) is 0 Å². The van der Waals surface area contributed by atoms with Gasteiger partial charge in [-0.2, -0.15) is 0 Å². The minimum Gasteiger partial charge on any atom is -0.353 e. The van der Waals surface area contributed by atoms with Gasteiger partial charge in [-0.05, 0) is 48.7 Å². The molecule has 8 aromatic carbocycles. The van der Waals surface area contributed by atoms with Crippen molar-refractivity contribution in [2.45, 2.75) is 39.0 Å². The van der Waals surface area contributed by atoms with Crippen LogP contribution in [-0.2, 0) is 0 Å². The van der Waals surface area contributed by atoms with Crippen molar-refractivity contribution in [1.29, 1.82) is 0 Å². The van der Waals surface area contributed by atoms with Gasteiger partial charge in [0.1, 0.15) is 0 Å². The lowest BCUT2D eigenvalue weighted by Gasteiger charge is -2.34. The molecular weight excluding hydrogens is 642 g/mol. The molecular formula is C46H40N2P2. The van der Waals surface area contributed by atoms with Gasteiger partial charge in [-0.1, -0.05) is 173 Å². The first-order valence-corrected chi connectivity index (χ1v) is 20.5. The van der Waals surface area contributed by atoms with E-state index in [1.165, 1.54) is 87.1 Å². The fourth-order valence-electron chi connectivity index (χ4n) is 7.99. The maximum Gasteiger partial charge on any atom is 0.0545 e. The van der Waals surface area contributed by atoms with Gasteiger partial charge in [0.05, 0.1) is 22.7 Å². The van der Waals surface area contributed by atoms with Gasteiger partial charge in [-0.3, -0.25) is 0 Å². The third kappa shape index (κ3) is 5.09. The zero-order valence-electron chi connectivity index (χ0n) is 28.9. The molecule has 1 aliphatic heterocycles. The molecule has 0 aromatic heterocycles. The third-order valence-electron chi connectivity index (χ3n) is 10.2. The van der Waals surface area contributed by atoms with Crippen molar-refractivity contribution < 1.29 is 0 Å². The number of benzene rings is 8. The van der Waals surface area contributed by atoms with Crippen molar-refractivity contribution in [3.63, 3.8) is 0 Å². The topological polar surface area (TPSA) is 24.1 Å². The van der Waals surface area contributed by atoms with Crippen LogP contribution >= 0.6 is 15.8 Å². The molecule has 8 aromatic rings. The highest BCUT2D eigenvalue weighted by atomic mass is 31.1. The van der Waals surface area contributed by atoms with Crippen LogP contribution in [0, 0.1) is 0 Å². The SMILES string of the molecule is CC(C)P1c2ccc3ccccc3c2Nc2c(ccc3ccccc23)P(C(C)C)c2ccc3ccccc3c2Nc2c1ccc1ccccc21. The van der Waals surface area contributed by atoms with Crippen LogP contribution in [0.4, 0.5) is 22.7 Å². The van der Waals surface area contributed by atoms with E-state index < -0.39 is 15.8 Å². The molecule has 0 radical (unpaired) electrons. The predicted molar refractivity (Wildman–Crippen MR) is 225 cm³/mol. The fraction of sp³-hybridized carbons (Fsp3) is 0.130. The maximum atomic E-state index is 4.26. The summed E-state index contributed by atoms with van der Waals surface area (Å²) in [6.45, 7) is 9.61. The van der Waals surface area contributed by atoms with Gasteiger partial charge in [0.25, 0.3) is 0 Å². The van der Waals surface area contributed by atoms with Crippen molar-refractivity contribution >= 4 is 103 Å². The van der Waals surface area contributed by atoms with Crippen LogP contribution in [0.5, 0.6) is 0 Å². The Morgan fingerprint density at radius 3 is 0.800 bits per heavy atom. The highest BCUT2D eigenvalue weighted by molar-refractivity contribution is 7.75. The van der Waals surface area contributed by atoms with Gasteiger partial charge in [0.15, 0.2) is 0 Å². The van der Waals surface area contributed by atoms with Crippen LogP contribution < -0.4 is 31.9 Å². The molecule has 4 heteroatoms. The molecule has 244 valence electrons.